The molecule has 0 amide bonds. The summed E-state index contributed by atoms with van der Waals surface area (Å²) in [6.45, 7) is 4.19. The third-order valence-corrected chi connectivity index (χ3v) is 7.09. The molecule has 2 aliphatic rings. The highest BCUT2D eigenvalue weighted by Crippen LogP contribution is 2.32. The van der Waals surface area contributed by atoms with E-state index in [4.69, 9.17) is 5.73 Å². The van der Waals surface area contributed by atoms with Crippen molar-refractivity contribution in [1.82, 2.24) is 9.97 Å². The van der Waals surface area contributed by atoms with E-state index in [0.717, 1.165) is 67.1 Å². The highest BCUT2D eigenvalue weighted by atomic mass is 16.6. The Bertz CT molecular complexity index is 1360. The van der Waals surface area contributed by atoms with E-state index in [2.05, 4.69) is 25.8 Å². The van der Waals surface area contributed by atoms with Crippen LogP contribution in [0, 0.1) is 10.1 Å². The Kier molecular flexibility index (Phi) is 7.11. The molecule has 8 nitrogen and oxygen atoms in total. The molecule has 0 bridgehead atoms. The summed E-state index contributed by atoms with van der Waals surface area (Å²) in [5.41, 5.74) is 7.00. The van der Waals surface area contributed by atoms with Crippen molar-refractivity contribution in [3.8, 4) is 0 Å². The summed E-state index contributed by atoms with van der Waals surface area (Å²) < 4.78 is 0. The van der Waals surface area contributed by atoms with Crippen LogP contribution in [0.4, 0.5) is 23.0 Å². The van der Waals surface area contributed by atoms with Gasteiger partial charge in [-0.1, -0.05) is 24.3 Å². The van der Waals surface area contributed by atoms with Crippen LogP contribution in [0.2, 0.25) is 0 Å². The number of aromatic nitrogens is 2. The van der Waals surface area contributed by atoms with E-state index in [9.17, 15) is 10.1 Å². The van der Waals surface area contributed by atoms with Crippen molar-refractivity contribution in [3.63, 3.8) is 0 Å². The normalized spacial score (nSPS) is 16.0. The fourth-order valence-electron chi connectivity index (χ4n) is 5.27. The number of rotatable bonds is 3. The van der Waals surface area contributed by atoms with E-state index in [1.54, 1.807) is 24.4 Å². The molecule has 4 aromatic rings. The van der Waals surface area contributed by atoms with E-state index in [-0.39, 0.29) is 10.6 Å². The van der Waals surface area contributed by atoms with Gasteiger partial charge in [-0.2, -0.15) is 0 Å². The predicted molar refractivity (Wildman–Crippen MR) is 147 cm³/mol. The van der Waals surface area contributed by atoms with E-state index in [0.29, 0.717) is 5.39 Å². The summed E-state index contributed by atoms with van der Waals surface area (Å²) in [6.07, 6.45) is 11.0. The number of nitro groups is 1. The molecule has 2 saturated heterocycles. The van der Waals surface area contributed by atoms with Gasteiger partial charge in [0.1, 0.15) is 11.6 Å². The smallest absolute Gasteiger partial charge is 0.277 e. The van der Waals surface area contributed by atoms with Crippen LogP contribution < -0.4 is 15.5 Å². The van der Waals surface area contributed by atoms with Crippen molar-refractivity contribution in [3.05, 3.63) is 71.0 Å². The van der Waals surface area contributed by atoms with Gasteiger partial charge in [0.15, 0.2) is 0 Å². The maximum Gasteiger partial charge on any atom is 0.277 e. The lowest BCUT2D eigenvalue weighted by molar-refractivity contribution is -0.383. The van der Waals surface area contributed by atoms with Crippen molar-refractivity contribution >= 4 is 44.6 Å². The molecule has 6 rings (SSSR count). The number of piperidine rings is 2. The molecule has 0 radical (unpaired) electrons. The van der Waals surface area contributed by atoms with Crippen LogP contribution in [0.5, 0.6) is 0 Å². The zero-order valence-corrected chi connectivity index (χ0v) is 20.5. The number of nitrogens with two attached hydrogens (primary N) is 1. The molecule has 4 heterocycles. The number of nitrogens with zero attached hydrogens (tertiary/aromatic N) is 5. The average Bonchev–Trinajstić information content (AvgIpc) is 2.93. The largest absolute Gasteiger partial charge is 0.398 e. The highest BCUT2D eigenvalue weighted by Gasteiger charge is 2.19. The first-order valence-electron chi connectivity index (χ1n) is 12.8. The Hall–Kier alpha value is -3.94. The second kappa shape index (κ2) is 10.8. The molecule has 2 aromatic carbocycles. The minimum absolute atomic E-state index is 0.151. The minimum atomic E-state index is -0.331. The van der Waals surface area contributed by atoms with Crippen molar-refractivity contribution in [1.29, 1.82) is 0 Å². The van der Waals surface area contributed by atoms with Gasteiger partial charge in [0.05, 0.1) is 10.3 Å². The third-order valence-electron chi connectivity index (χ3n) is 7.09. The number of pyridine rings is 2. The zero-order chi connectivity index (χ0) is 24.9. The highest BCUT2D eigenvalue weighted by molar-refractivity contribution is 5.99. The van der Waals surface area contributed by atoms with Crippen LogP contribution in [0.15, 0.2) is 60.9 Å². The summed E-state index contributed by atoms with van der Waals surface area (Å²) in [4.78, 5) is 24.3. The molecular weight excluding hydrogens is 452 g/mol. The van der Waals surface area contributed by atoms with Gasteiger partial charge in [-0.3, -0.25) is 10.1 Å². The Morgan fingerprint density at radius 3 is 1.72 bits per heavy atom. The van der Waals surface area contributed by atoms with Crippen molar-refractivity contribution in [2.24, 2.45) is 0 Å². The summed E-state index contributed by atoms with van der Waals surface area (Å²) in [6, 6.07) is 15.0. The van der Waals surface area contributed by atoms with Gasteiger partial charge in [-0.15, -0.1) is 0 Å². The molecule has 0 unspecified atom stereocenters. The van der Waals surface area contributed by atoms with E-state index >= 15 is 0 Å². The number of anilines is 3. The van der Waals surface area contributed by atoms with Gasteiger partial charge in [0.2, 0.25) is 0 Å². The topological polar surface area (TPSA) is 101 Å². The van der Waals surface area contributed by atoms with E-state index in [1.165, 1.54) is 31.1 Å². The Morgan fingerprint density at radius 1 is 0.667 bits per heavy atom. The maximum absolute atomic E-state index is 11.1. The number of benzene rings is 2. The monoisotopic (exact) mass is 484 g/mol. The van der Waals surface area contributed by atoms with Crippen molar-refractivity contribution < 1.29 is 4.92 Å². The average molecular weight is 485 g/mol. The second-order valence-electron chi connectivity index (χ2n) is 9.44. The van der Waals surface area contributed by atoms with E-state index < -0.39 is 0 Å². The quantitative estimate of drug-likeness (QED) is 0.218. The number of nitro benzene ring substituents is 1. The Labute approximate surface area is 210 Å². The predicted octanol–water partition coefficient (Wildman–Crippen LogP) is 5.94. The SMILES string of the molecule is Nc1cccc2c(N3CCCCC3)nccc12.O=[N+]([O-])c1cccc2c(N3CCCCC3)nccc12. The first-order chi connectivity index (χ1) is 17.6. The molecule has 8 heteroatoms. The van der Waals surface area contributed by atoms with Gasteiger partial charge in [0.25, 0.3) is 5.69 Å². The lowest BCUT2D eigenvalue weighted by Gasteiger charge is -2.28. The molecule has 186 valence electrons. The summed E-state index contributed by atoms with van der Waals surface area (Å²) >= 11 is 0. The lowest BCUT2D eigenvalue weighted by Crippen LogP contribution is -2.30. The molecule has 0 saturated carbocycles. The molecule has 0 aliphatic carbocycles. The molecule has 2 fully saturated rings. The Morgan fingerprint density at radius 2 is 1.17 bits per heavy atom. The lowest BCUT2D eigenvalue weighted by atomic mass is 10.1. The standard InChI is InChI=1S/C14H15N3O2.C14H17N3/c18-17(19)13-6-4-5-12-11(13)7-8-15-14(12)16-9-2-1-3-10-16;15-13-6-4-5-12-11(13)7-8-16-14(12)17-9-2-1-3-10-17/h4-8H,1-3,9-10H2;4-8H,1-3,9-10,15H2. The molecule has 0 atom stereocenters. The minimum Gasteiger partial charge on any atom is -0.398 e. The molecule has 2 N–H and O–H groups in total. The van der Waals surface area contributed by atoms with Gasteiger partial charge in [0, 0.05) is 66.5 Å². The molecule has 0 spiro atoms. The van der Waals surface area contributed by atoms with E-state index in [1.807, 2.05) is 30.5 Å². The van der Waals surface area contributed by atoms with Crippen LogP contribution in [0.1, 0.15) is 38.5 Å². The van der Waals surface area contributed by atoms with Crippen molar-refractivity contribution in [2.45, 2.75) is 38.5 Å². The fourth-order valence-corrected chi connectivity index (χ4v) is 5.27. The van der Waals surface area contributed by atoms with Crippen LogP contribution >= 0.6 is 0 Å². The molecular formula is C28H32N6O2. The Balaban J connectivity index is 0.000000149. The second-order valence-corrected chi connectivity index (χ2v) is 9.44. The van der Waals surface area contributed by atoms with Crippen LogP contribution in [-0.4, -0.2) is 41.1 Å². The summed E-state index contributed by atoms with van der Waals surface area (Å²) in [5, 5.41) is 14.9. The number of hydrogen-bond donors (Lipinski definition) is 1. The van der Waals surface area contributed by atoms with Gasteiger partial charge in [-0.25, -0.2) is 9.97 Å². The van der Waals surface area contributed by atoms with Gasteiger partial charge < -0.3 is 15.5 Å². The van der Waals surface area contributed by atoms with Gasteiger partial charge >= 0.3 is 0 Å². The number of hydrogen-bond acceptors (Lipinski definition) is 7. The third kappa shape index (κ3) is 4.89. The number of non-ortho nitro benzene ring substituents is 1. The first-order valence-corrected chi connectivity index (χ1v) is 12.8. The summed E-state index contributed by atoms with van der Waals surface area (Å²) in [5.74, 6) is 1.97. The molecule has 36 heavy (non-hydrogen) atoms. The van der Waals surface area contributed by atoms with Crippen LogP contribution in [-0.2, 0) is 0 Å². The molecule has 2 aromatic heterocycles. The molecule has 2 aliphatic heterocycles. The maximum atomic E-state index is 11.1. The first kappa shape index (κ1) is 23.8. The number of nitrogen functional groups attached to an aromatic ring is 1. The van der Waals surface area contributed by atoms with Crippen molar-refractivity contribution in [2.75, 3.05) is 41.7 Å². The fraction of sp³-hybridized carbons (Fsp3) is 0.357. The van der Waals surface area contributed by atoms with Gasteiger partial charge in [-0.05, 0) is 56.7 Å². The zero-order valence-electron chi connectivity index (χ0n) is 20.5. The summed E-state index contributed by atoms with van der Waals surface area (Å²) in [7, 11) is 0. The van der Waals surface area contributed by atoms with Crippen LogP contribution in [0.25, 0.3) is 21.5 Å². The number of fused-ring (bicyclic) bond motifs is 2. The van der Waals surface area contributed by atoms with Crippen LogP contribution in [0.3, 0.4) is 0 Å².